The maximum atomic E-state index is 12.4. The van der Waals surface area contributed by atoms with Crippen molar-refractivity contribution in [2.75, 3.05) is 0 Å². The number of rotatable bonds is 4. The average molecular weight is 334 g/mol. The third-order valence-corrected chi connectivity index (χ3v) is 4.25. The molecular formula is C18H24ClN3O. The van der Waals surface area contributed by atoms with Gasteiger partial charge in [0, 0.05) is 13.6 Å². The first-order valence-electron chi connectivity index (χ1n) is 7.83. The van der Waals surface area contributed by atoms with Crippen LogP contribution in [0.3, 0.4) is 0 Å². The van der Waals surface area contributed by atoms with Crippen LogP contribution in [-0.2, 0) is 25.4 Å². The molecule has 0 atom stereocenters. The van der Waals surface area contributed by atoms with Gasteiger partial charge in [0.15, 0.2) is 0 Å². The van der Waals surface area contributed by atoms with Crippen molar-refractivity contribution in [3.8, 4) is 0 Å². The third-order valence-electron chi connectivity index (χ3n) is 3.85. The average Bonchev–Trinajstić information content (AvgIpc) is 2.78. The van der Waals surface area contributed by atoms with Crippen LogP contribution in [0.25, 0.3) is 0 Å². The first-order chi connectivity index (χ1) is 10.7. The number of halogens is 1. The normalized spacial score (nSPS) is 11.6. The lowest BCUT2D eigenvalue weighted by molar-refractivity contribution is 0.0941. The second-order valence-electron chi connectivity index (χ2n) is 6.72. The molecule has 1 N–H and O–H groups in total. The summed E-state index contributed by atoms with van der Waals surface area (Å²) in [5.41, 5.74) is 3.56. The Morgan fingerprint density at radius 1 is 1.35 bits per heavy atom. The first kappa shape index (κ1) is 17.5. The predicted octanol–water partition coefficient (Wildman–Crippen LogP) is 3.86. The molecule has 2 aromatic rings. The molecule has 1 aromatic heterocycles. The maximum Gasteiger partial charge on any atom is 0.271 e. The summed E-state index contributed by atoms with van der Waals surface area (Å²) in [5.74, 6) is -0.203. The Hall–Kier alpha value is -1.81. The quantitative estimate of drug-likeness (QED) is 0.923. The van der Waals surface area contributed by atoms with Crippen molar-refractivity contribution >= 4 is 17.5 Å². The highest BCUT2D eigenvalue weighted by Crippen LogP contribution is 2.23. The zero-order chi connectivity index (χ0) is 17.2. The molecule has 0 unspecified atom stereocenters. The monoisotopic (exact) mass is 333 g/mol. The van der Waals surface area contributed by atoms with E-state index in [4.69, 9.17) is 11.6 Å². The molecule has 2 rings (SSSR count). The molecule has 1 heterocycles. The van der Waals surface area contributed by atoms with Gasteiger partial charge in [-0.25, -0.2) is 0 Å². The van der Waals surface area contributed by atoms with Gasteiger partial charge in [-0.05, 0) is 23.0 Å². The summed E-state index contributed by atoms with van der Waals surface area (Å²) in [4.78, 5) is 12.4. The van der Waals surface area contributed by atoms with Crippen LogP contribution in [0.2, 0.25) is 5.02 Å². The Balaban J connectivity index is 2.13. The SMILES string of the molecule is CCc1nn(C)c(C(=O)NCc2cccc(C(C)(C)C)c2)c1Cl. The minimum absolute atomic E-state index is 0.0847. The smallest absolute Gasteiger partial charge is 0.271 e. The lowest BCUT2D eigenvalue weighted by Crippen LogP contribution is -2.25. The fraction of sp³-hybridized carbons (Fsp3) is 0.444. The number of benzene rings is 1. The molecule has 0 aliphatic heterocycles. The summed E-state index contributed by atoms with van der Waals surface area (Å²) in [6.45, 7) is 8.95. The zero-order valence-corrected chi connectivity index (χ0v) is 15.2. The van der Waals surface area contributed by atoms with E-state index in [0.29, 0.717) is 23.7 Å². The molecule has 0 fully saturated rings. The van der Waals surface area contributed by atoms with E-state index in [1.54, 1.807) is 11.7 Å². The van der Waals surface area contributed by atoms with Gasteiger partial charge in [-0.15, -0.1) is 0 Å². The van der Waals surface area contributed by atoms with Crippen LogP contribution in [0.4, 0.5) is 0 Å². The van der Waals surface area contributed by atoms with Gasteiger partial charge in [-0.2, -0.15) is 5.10 Å². The molecule has 0 bridgehead atoms. The van der Waals surface area contributed by atoms with Gasteiger partial charge in [0.1, 0.15) is 5.69 Å². The van der Waals surface area contributed by atoms with E-state index < -0.39 is 0 Å². The summed E-state index contributed by atoms with van der Waals surface area (Å²) < 4.78 is 1.54. The number of hydrogen-bond donors (Lipinski definition) is 1. The molecule has 1 amide bonds. The number of carbonyl (C=O) groups is 1. The van der Waals surface area contributed by atoms with Crippen molar-refractivity contribution in [3.63, 3.8) is 0 Å². The summed E-state index contributed by atoms with van der Waals surface area (Å²) in [5, 5.41) is 7.64. The van der Waals surface area contributed by atoms with Crippen molar-refractivity contribution in [1.29, 1.82) is 0 Å². The van der Waals surface area contributed by atoms with E-state index in [1.165, 1.54) is 5.56 Å². The van der Waals surface area contributed by atoms with Crippen LogP contribution in [0.5, 0.6) is 0 Å². The number of aryl methyl sites for hydroxylation is 2. The third kappa shape index (κ3) is 3.94. The van der Waals surface area contributed by atoms with Crippen molar-refractivity contribution < 1.29 is 4.79 Å². The standard InChI is InChI=1S/C18H24ClN3O/c1-6-14-15(19)16(22(5)21-14)17(23)20-11-12-8-7-9-13(10-12)18(2,3)4/h7-10H,6,11H2,1-5H3,(H,20,23). The zero-order valence-electron chi connectivity index (χ0n) is 14.4. The Morgan fingerprint density at radius 2 is 2.04 bits per heavy atom. The van der Waals surface area contributed by atoms with E-state index in [1.807, 2.05) is 19.1 Å². The Kier molecular flexibility index (Phi) is 5.15. The molecule has 23 heavy (non-hydrogen) atoms. The highest BCUT2D eigenvalue weighted by molar-refractivity contribution is 6.34. The van der Waals surface area contributed by atoms with Crippen LogP contribution in [0.15, 0.2) is 24.3 Å². The molecule has 0 saturated carbocycles. The second-order valence-corrected chi connectivity index (χ2v) is 7.10. The Bertz CT molecular complexity index is 714. The van der Waals surface area contributed by atoms with Gasteiger partial charge >= 0.3 is 0 Å². The fourth-order valence-corrected chi connectivity index (χ4v) is 2.82. The molecule has 0 aliphatic carbocycles. The molecule has 0 radical (unpaired) electrons. The second kappa shape index (κ2) is 6.75. The minimum Gasteiger partial charge on any atom is -0.347 e. The summed E-state index contributed by atoms with van der Waals surface area (Å²) >= 11 is 6.25. The molecule has 5 heteroatoms. The van der Waals surface area contributed by atoms with E-state index in [9.17, 15) is 4.79 Å². The Morgan fingerprint density at radius 3 is 2.61 bits per heavy atom. The van der Waals surface area contributed by atoms with Crippen molar-refractivity contribution in [3.05, 3.63) is 51.8 Å². The van der Waals surface area contributed by atoms with Crippen molar-refractivity contribution in [2.24, 2.45) is 7.05 Å². The molecule has 124 valence electrons. The maximum absolute atomic E-state index is 12.4. The highest BCUT2D eigenvalue weighted by atomic mass is 35.5. The van der Waals surface area contributed by atoms with Crippen LogP contribution < -0.4 is 5.32 Å². The number of amides is 1. The van der Waals surface area contributed by atoms with E-state index in [-0.39, 0.29) is 11.3 Å². The first-order valence-corrected chi connectivity index (χ1v) is 8.20. The highest BCUT2D eigenvalue weighted by Gasteiger charge is 2.20. The van der Waals surface area contributed by atoms with Gasteiger partial charge in [0.2, 0.25) is 0 Å². The fourth-order valence-electron chi connectivity index (χ4n) is 2.44. The topological polar surface area (TPSA) is 46.9 Å². The molecule has 1 aromatic carbocycles. The van der Waals surface area contributed by atoms with Gasteiger partial charge in [0.05, 0.1) is 10.7 Å². The summed E-state index contributed by atoms with van der Waals surface area (Å²) in [6, 6.07) is 8.27. The molecule has 4 nitrogen and oxygen atoms in total. The lowest BCUT2D eigenvalue weighted by Gasteiger charge is -2.19. The summed E-state index contributed by atoms with van der Waals surface area (Å²) in [6.07, 6.45) is 0.702. The van der Waals surface area contributed by atoms with E-state index in [2.05, 4.69) is 43.3 Å². The van der Waals surface area contributed by atoms with Crippen molar-refractivity contribution in [1.82, 2.24) is 15.1 Å². The molecular weight excluding hydrogens is 310 g/mol. The van der Waals surface area contributed by atoms with Gasteiger partial charge < -0.3 is 5.32 Å². The van der Waals surface area contributed by atoms with E-state index in [0.717, 1.165) is 11.3 Å². The van der Waals surface area contributed by atoms with Crippen LogP contribution in [-0.4, -0.2) is 15.7 Å². The number of hydrogen-bond acceptors (Lipinski definition) is 2. The van der Waals surface area contributed by atoms with Gasteiger partial charge in [-0.1, -0.05) is 63.6 Å². The predicted molar refractivity (Wildman–Crippen MR) is 93.9 cm³/mol. The molecule has 0 aliphatic rings. The largest absolute Gasteiger partial charge is 0.347 e. The summed E-state index contributed by atoms with van der Waals surface area (Å²) in [7, 11) is 1.74. The molecule has 0 saturated heterocycles. The minimum atomic E-state index is -0.203. The Labute approximate surface area is 142 Å². The molecule has 0 spiro atoms. The van der Waals surface area contributed by atoms with Crippen LogP contribution in [0, 0.1) is 0 Å². The number of nitrogens with zero attached hydrogens (tertiary/aromatic N) is 2. The van der Waals surface area contributed by atoms with Crippen LogP contribution in [0.1, 0.15) is 55.0 Å². The van der Waals surface area contributed by atoms with Crippen molar-refractivity contribution in [2.45, 2.75) is 46.1 Å². The van der Waals surface area contributed by atoms with E-state index >= 15 is 0 Å². The van der Waals surface area contributed by atoms with Crippen LogP contribution >= 0.6 is 11.6 Å². The number of carbonyl (C=O) groups excluding carboxylic acids is 1. The van der Waals surface area contributed by atoms with Gasteiger partial charge in [-0.3, -0.25) is 9.48 Å². The number of aromatic nitrogens is 2. The van der Waals surface area contributed by atoms with Gasteiger partial charge in [0.25, 0.3) is 5.91 Å². The number of nitrogens with one attached hydrogen (secondary N) is 1. The lowest BCUT2D eigenvalue weighted by atomic mass is 9.86.